The smallest absolute Gasteiger partial charge is 0.117 e. The van der Waals surface area contributed by atoms with Crippen LogP contribution >= 0.6 is 0 Å². The number of rotatable bonds is 6. The summed E-state index contributed by atoms with van der Waals surface area (Å²) in [5.41, 5.74) is 0. The van der Waals surface area contributed by atoms with E-state index >= 15 is 0 Å². The summed E-state index contributed by atoms with van der Waals surface area (Å²) in [6.45, 7) is 5.89. The molecule has 2 rings (SSSR count). The van der Waals surface area contributed by atoms with E-state index in [1.807, 2.05) is 0 Å². The molecule has 0 bridgehead atoms. The van der Waals surface area contributed by atoms with Gasteiger partial charge in [0.1, 0.15) is 11.5 Å². The van der Waals surface area contributed by atoms with Crippen LogP contribution in [0.2, 0.25) is 0 Å². The topological polar surface area (TPSA) is 34.4 Å². The molecule has 1 N–H and O–H groups in total. The summed E-state index contributed by atoms with van der Waals surface area (Å²) < 4.78 is 11.0. The molecule has 3 nitrogen and oxygen atoms in total. The van der Waals surface area contributed by atoms with E-state index in [-0.39, 0.29) is 0 Å². The van der Waals surface area contributed by atoms with E-state index in [0.717, 1.165) is 50.2 Å². The molecule has 1 aromatic rings. The Morgan fingerprint density at radius 1 is 1.38 bits per heavy atom. The molecule has 1 atom stereocenters. The van der Waals surface area contributed by atoms with Crippen LogP contribution in [0.15, 0.2) is 16.5 Å². The first-order valence-electron chi connectivity index (χ1n) is 6.24. The number of ether oxygens (including phenoxy) is 1. The van der Waals surface area contributed by atoms with Crippen molar-refractivity contribution in [2.45, 2.75) is 32.7 Å². The highest BCUT2D eigenvalue weighted by Gasteiger charge is 2.14. The second-order valence-corrected chi connectivity index (χ2v) is 4.42. The lowest BCUT2D eigenvalue weighted by molar-refractivity contribution is 0.184. The van der Waals surface area contributed by atoms with Crippen LogP contribution in [0.5, 0.6) is 0 Å². The Morgan fingerprint density at radius 3 is 2.94 bits per heavy atom. The number of aryl methyl sites for hydroxylation is 1. The molecule has 1 saturated heterocycles. The van der Waals surface area contributed by atoms with Crippen molar-refractivity contribution in [2.24, 2.45) is 5.92 Å². The minimum Gasteiger partial charge on any atom is -0.465 e. The first-order valence-corrected chi connectivity index (χ1v) is 6.24. The third-order valence-electron chi connectivity index (χ3n) is 3.12. The molecule has 1 aliphatic heterocycles. The van der Waals surface area contributed by atoms with Gasteiger partial charge < -0.3 is 14.5 Å². The average Bonchev–Trinajstić information content (AvgIpc) is 2.95. The molecule has 0 aliphatic carbocycles. The minimum atomic E-state index is 0.760. The maximum atomic E-state index is 5.62. The molecular formula is C13H21NO2. The Balaban J connectivity index is 1.60. The van der Waals surface area contributed by atoms with E-state index in [1.165, 1.54) is 12.8 Å². The van der Waals surface area contributed by atoms with Gasteiger partial charge in [-0.25, -0.2) is 0 Å². The lowest BCUT2D eigenvalue weighted by Crippen LogP contribution is -2.17. The van der Waals surface area contributed by atoms with Gasteiger partial charge in [-0.1, -0.05) is 6.92 Å². The fourth-order valence-corrected chi connectivity index (χ4v) is 2.04. The van der Waals surface area contributed by atoms with Gasteiger partial charge in [-0.2, -0.15) is 0 Å². The highest BCUT2D eigenvalue weighted by molar-refractivity contribution is 5.06. The molecule has 0 aromatic carbocycles. The van der Waals surface area contributed by atoms with Gasteiger partial charge in [0, 0.05) is 19.6 Å². The van der Waals surface area contributed by atoms with Crippen LogP contribution in [-0.2, 0) is 17.7 Å². The molecule has 2 heterocycles. The number of nitrogens with one attached hydrogen (secondary N) is 1. The monoisotopic (exact) mass is 223 g/mol. The zero-order valence-corrected chi connectivity index (χ0v) is 10.00. The lowest BCUT2D eigenvalue weighted by Gasteiger charge is -2.07. The van der Waals surface area contributed by atoms with E-state index in [2.05, 4.69) is 24.4 Å². The van der Waals surface area contributed by atoms with Crippen LogP contribution in [0.25, 0.3) is 0 Å². The third-order valence-corrected chi connectivity index (χ3v) is 3.12. The van der Waals surface area contributed by atoms with Crippen molar-refractivity contribution in [3.05, 3.63) is 23.7 Å². The predicted octanol–water partition coefficient (Wildman–Crippen LogP) is 2.36. The number of hydrogen-bond acceptors (Lipinski definition) is 3. The minimum absolute atomic E-state index is 0.760. The van der Waals surface area contributed by atoms with Crippen molar-refractivity contribution in [1.82, 2.24) is 5.32 Å². The van der Waals surface area contributed by atoms with Crippen LogP contribution in [0.1, 0.15) is 31.3 Å². The second-order valence-electron chi connectivity index (χ2n) is 4.42. The summed E-state index contributed by atoms with van der Waals surface area (Å²) in [4.78, 5) is 0. The Kier molecular flexibility index (Phi) is 4.43. The Hall–Kier alpha value is -0.800. The summed E-state index contributed by atoms with van der Waals surface area (Å²) >= 11 is 0. The highest BCUT2D eigenvalue weighted by Crippen LogP contribution is 2.15. The second kappa shape index (κ2) is 6.06. The van der Waals surface area contributed by atoms with Gasteiger partial charge in [-0.05, 0) is 37.4 Å². The zero-order chi connectivity index (χ0) is 11.2. The maximum absolute atomic E-state index is 5.62. The van der Waals surface area contributed by atoms with Crippen molar-refractivity contribution in [2.75, 3.05) is 19.8 Å². The summed E-state index contributed by atoms with van der Waals surface area (Å²) in [5.74, 6) is 2.87. The fraction of sp³-hybridized carbons (Fsp3) is 0.692. The van der Waals surface area contributed by atoms with E-state index in [4.69, 9.17) is 9.15 Å². The first-order chi connectivity index (χ1) is 7.88. The van der Waals surface area contributed by atoms with Gasteiger partial charge in [0.05, 0.1) is 6.54 Å². The third kappa shape index (κ3) is 3.35. The Labute approximate surface area is 97.2 Å². The highest BCUT2D eigenvalue weighted by atomic mass is 16.5. The molecule has 0 amide bonds. The molecule has 1 unspecified atom stereocenters. The first kappa shape index (κ1) is 11.7. The quantitative estimate of drug-likeness (QED) is 0.752. The van der Waals surface area contributed by atoms with E-state index in [9.17, 15) is 0 Å². The summed E-state index contributed by atoms with van der Waals surface area (Å²) in [6.07, 6.45) is 3.41. The SMILES string of the molecule is CCc1ccc(CNCCC2CCOC2)o1. The molecule has 16 heavy (non-hydrogen) atoms. The van der Waals surface area contributed by atoms with Crippen LogP contribution in [0.3, 0.4) is 0 Å². The molecule has 0 spiro atoms. The summed E-state index contributed by atoms with van der Waals surface area (Å²) in [5, 5.41) is 3.42. The largest absolute Gasteiger partial charge is 0.465 e. The number of furan rings is 1. The standard InChI is InChI=1S/C13H21NO2/c1-2-12-3-4-13(16-12)9-14-7-5-11-6-8-15-10-11/h3-4,11,14H,2,5-10H2,1H3. The predicted molar refractivity (Wildman–Crippen MR) is 63.3 cm³/mol. The molecule has 1 aromatic heterocycles. The Morgan fingerprint density at radius 2 is 2.25 bits per heavy atom. The van der Waals surface area contributed by atoms with Gasteiger partial charge in [0.15, 0.2) is 0 Å². The molecule has 90 valence electrons. The normalized spacial score (nSPS) is 20.4. The van der Waals surface area contributed by atoms with Gasteiger partial charge in [0.2, 0.25) is 0 Å². The summed E-state index contributed by atoms with van der Waals surface area (Å²) in [6, 6.07) is 4.12. The molecule has 1 fully saturated rings. The molecule has 3 heteroatoms. The van der Waals surface area contributed by atoms with Crippen LogP contribution in [0.4, 0.5) is 0 Å². The van der Waals surface area contributed by atoms with Crippen molar-refractivity contribution in [3.8, 4) is 0 Å². The summed E-state index contributed by atoms with van der Waals surface area (Å²) in [7, 11) is 0. The van der Waals surface area contributed by atoms with Crippen LogP contribution < -0.4 is 5.32 Å². The molecule has 0 saturated carbocycles. The van der Waals surface area contributed by atoms with E-state index in [1.54, 1.807) is 0 Å². The van der Waals surface area contributed by atoms with Crippen molar-refractivity contribution in [1.29, 1.82) is 0 Å². The van der Waals surface area contributed by atoms with Crippen LogP contribution in [-0.4, -0.2) is 19.8 Å². The van der Waals surface area contributed by atoms with E-state index in [0.29, 0.717) is 0 Å². The fourth-order valence-electron chi connectivity index (χ4n) is 2.04. The molecule has 0 radical (unpaired) electrons. The molecular weight excluding hydrogens is 202 g/mol. The Bertz CT molecular complexity index is 303. The van der Waals surface area contributed by atoms with Crippen molar-refractivity contribution < 1.29 is 9.15 Å². The zero-order valence-electron chi connectivity index (χ0n) is 10.00. The number of hydrogen-bond donors (Lipinski definition) is 1. The maximum Gasteiger partial charge on any atom is 0.117 e. The van der Waals surface area contributed by atoms with Crippen LogP contribution in [0, 0.1) is 5.92 Å². The van der Waals surface area contributed by atoms with Crippen molar-refractivity contribution in [3.63, 3.8) is 0 Å². The van der Waals surface area contributed by atoms with Crippen molar-refractivity contribution >= 4 is 0 Å². The average molecular weight is 223 g/mol. The van der Waals surface area contributed by atoms with Gasteiger partial charge >= 0.3 is 0 Å². The van der Waals surface area contributed by atoms with E-state index < -0.39 is 0 Å². The lowest BCUT2D eigenvalue weighted by atomic mass is 10.1. The van der Waals surface area contributed by atoms with Gasteiger partial charge in [-0.15, -0.1) is 0 Å². The van der Waals surface area contributed by atoms with Gasteiger partial charge in [0.25, 0.3) is 0 Å². The molecule has 1 aliphatic rings. The van der Waals surface area contributed by atoms with Gasteiger partial charge in [-0.3, -0.25) is 0 Å².